The summed E-state index contributed by atoms with van der Waals surface area (Å²) < 4.78 is 3.24. The number of carbonyl (C=O) groups is 3. The Morgan fingerprint density at radius 3 is 2.47 bits per heavy atom. The molecule has 1 aromatic carbocycles. The fourth-order valence-electron chi connectivity index (χ4n) is 2.68. The fraction of sp³-hybridized carbons (Fsp3) is 0.100. The standard InChI is InChI=1S/C20H15Br3ClN5O3/c1-10(30)28(2)27-19(31)13-6-11(21)7-14(23)17(13)26-20(32)16-8-12(22)9-29(16)18-15(24)4-3-5-25-18/h3-9H,1-2H3,(H,26,32)(H,27,31). The van der Waals surface area contributed by atoms with Crippen molar-refractivity contribution >= 4 is 82.8 Å². The highest BCUT2D eigenvalue weighted by Gasteiger charge is 2.22. The first kappa shape index (κ1) is 24.4. The van der Waals surface area contributed by atoms with E-state index < -0.39 is 11.8 Å². The molecule has 0 fully saturated rings. The number of rotatable bonds is 4. The molecule has 3 rings (SSSR count). The molecule has 3 aromatic rings. The van der Waals surface area contributed by atoms with Crippen molar-refractivity contribution in [2.24, 2.45) is 0 Å². The van der Waals surface area contributed by atoms with E-state index in [9.17, 15) is 14.4 Å². The van der Waals surface area contributed by atoms with Gasteiger partial charge in [0, 0.05) is 39.8 Å². The van der Waals surface area contributed by atoms with E-state index in [1.54, 1.807) is 36.7 Å². The molecule has 0 radical (unpaired) electrons. The molecule has 166 valence electrons. The van der Waals surface area contributed by atoms with E-state index in [1.165, 1.54) is 24.6 Å². The van der Waals surface area contributed by atoms with E-state index in [4.69, 9.17) is 11.6 Å². The van der Waals surface area contributed by atoms with Crippen LogP contribution in [0.4, 0.5) is 5.69 Å². The number of nitrogens with zero attached hydrogens (tertiary/aromatic N) is 3. The number of anilines is 1. The molecule has 0 spiro atoms. The maximum atomic E-state index is 13.2. The molecule has 0 aliphatic rings. The average Bonchev–Trinajstić information content (AvgIpc) is 3.11. The minimum absolute atomic E-state index is 0.140. The zero-order chi connectivity index (χ0) is 23.6. The summed E-state index contributed by atoms with van der Waals surface area (Å²) in [4.78, 5) is 41.8. The number of amides is 3. The number of benzene rings is 1. The number of hydrogen-bond acceptors (Lipinski definition) is 4. The molecule has 12 heteroatoms. The summed E-state index contributed by atoms with van der Waals surface area (Å²) in [5, 5.41) is 4.18. The van der Waals surface area contributed by atoms with Gasteiger partial charge in [-0.1, -0.05) is 27.5 Å². The van der Waals surface area contributed by atoms with Crippen LogP contribution in [0, 0.1) is 0 Å². The van der Waals surface area contributed by atoms with Crippen LogP contribution in [0.25, 0.3) is 5.82 Å². The number of nitrogens with one attached hydrogen (secondary N) is 2. The number of aromatic nitrogens is 2. The highest BCUT2D eigenvalue weighted by Crippen LogP contribution is 2.32. The van der Waals surface area contributed by atoms with Crippen LogP contribution in [0.15, 0.2) is 56.1 Å². The zero-order valence-corrected chi connectivity index (χ0v) is 22.1. The van der Waals surface area contributed by atoms with Crippen molar-refractivity contribution in [1.29, 1.82) is 0 Å². The lowest BCUT2D eigenvalue weighted by molar-refractivity contribution is -0.129. The van der Waals surface area contributed by atoms with Crippen molar-refractivity contribution in [2.75, 3.05) is 12.4 Å². The lowest BCUT2D eigenvalue weighted by Crippen LogP contribution is -2.42. The second-order valence-electron chi connectivity index (χ2n) is 6.51. The van der Waals surface area contributed by atoms with Crippen LogP contribution in [0.1, 0.15) is 27.8 Å². The van der Waals surface area contributed by atoms with Crippen LogP contribution in [0.5, 0.6) is 0 Å². The number of pyridine rings is 1. The molecule has 8 nitrogen and oxygen atoms in total. The van der Waals surface area contributed by atoms with Gasteiger partial charge in [-0.25, -0.2) is 4.98 Å². The quantitative estimate of drug-likeness (QED) is 0.381. The highest BCUT2D eigenvalue weighted by molar-refractivity contribution is 9.11. The van der Waals surface area contributed by atoms with E-state index in [0.717, 1.165) is 5.01 Å². The average molecular weight is 649 g/mol. The Balaban J connectivity index is 2.00. The molecule has 0 atom stereocenters. The summed E-state index contributed by atoms with van der Waals surface area (Å²) >= 11 is 16.4. The normalized spacial score (nSPS) is 10.6. The molecule has 32 heavy (non-hydrogen) atoms. The van der Waals surface area contributed by atoms with Gasteiger partial charge in [0.05, 0.1) is 16.3 Å². The van der Waals surface area contributed by atoms with Crippen molar-refractivity contribution in [3.05, 3.63) is 72.4 Å². The molecule has 0 saturated carbocycles. The van der Waals surface area contributed by atoms with Gasteiger partial charge in [0.15, 0.2) is 5.82 Å². The van der Waals surface area contributed by atoms with Gasteiger partial charge in [0.25, 0.3) is 11.8 Å². The second-order valence-corrected chi connectivity index (χ2v) is 9.60. The van der Waals surface area contributed by atoms with Gasteiger partial charge in [0.1, 0.15) is 5.69 Å². The summed E-state index contributed by atoms with van der Waals surface area (Å²) in [6.07, 6.45) is 3.23. The van der Waals surface area contributed by atoms with Crippen LogP contribution in [-0.4, -0.2) is 39.3 Å². The Kier molecular flexibility index (Phi) is 7.75. The van der Waals surface area contributed by atoms with Crippen LogP contribution in [0.3, 0.4) is 0 Å². The van der Waals surface area contributed by atoms with E-state index in [2.05, 4.69) is 63.5 Å². The van der Waals surface area contributed by atoms with E-state index in [0.29, 0.717) is 24.3 Å². The van der Waals surface area contributed by atoms with Crippen molar-refractivity contribution < 1.29 is 14.4 Å². The highest BCUT2D eigenvalue weighted by atomic mass is 79.9. The molecule has 0 unspecified atom stereocenters. The molecular weight excluding hydrogens is 633 g/mol. The predicted molar refractivity (Wildman–Crippen MR) is 132 cm³/mol. The van der Waals surface area contributed by atoms with Crippen LogP contribution < -0.4 is 10.7 Å². The number of carbonyl (C=O) groups excluding carboxylic acids is 3. The second kappa shape index (κ2) is 10.2. The summed E-state index contributed by atoms with van der Waals surface area (Å²) in [6.45, 7) is 1.31. The van der Waals surface area contributed by atoms with Gasteiger partial charge in [-0.05, 0) is 62.2 Å². The fourth-order valence-corrected chi connectivity index (χ4v) is 4.64. The Bertz CT molecular complexity index is 1230. The first-order chi connectivity index (χ1) is 15.1. The van der Waals surface area contributed by atoms with Crippen molar-refractivity contribution in [2.45, 2.75) is 6.92 Å². The van der Waals surface area contributed by atoms with E-state index >= 15 is 0 Å². The zero-order valence-electron chi connectivity index (χ0n) is 16.6. The van der Waals surface area contributed by atoms with Gasteiger partial charge in [-0.2, -0.15) is 0 Å². The Morgan fingerprint density at radius 2 is 1.81 bits per heavy atom. The van der Waals surface area contributed by atoms with Crippen molar-refractivity contribution in [3.63, 3.8) is 0 Å². The smallest absolute Gasteiger partial charge is 0.272 e. The monoisotopic (exact) mass is 645 g/mol. The number of hydrazine groups is 1. The molecule has 0 bridgehead atoms. The third kappa shape index (κ3) is 5.40. The van der Waals surface area contributed by atoms with Gasteiger partial charge < -0.3 is 5.32 Å². The summed E-state index contributed by atoms with van der Waals surface area (Å²) in [6, 6.07) is 8.18. The third-order valence-electron chi connectivity index (χ3n) is 4.27. The van der Waals surface area contributed by atoms with Gasteiger partial charge in [-0.15, -0.1) is 0 Å². The molecular formula is C20H15Br3ClN5O3. The first-order valence-electron chi connectivity index (χ1n) is 8.93. The molecule has 3 amide bonds. The predicted octanol–water partition coefficient (Wildman–Crippen LogP) is 5.19. The maximum absolute atomic E-state index is 13.2. The summed E-state index contributed by atoms with van der Waals surface area (Å²) in [7, 11) is 1.42. The van der Waals surface area contributed by atoms with Crippen LogP contribution >= 0.6 is 59.4 Å². The van der Waals surface area contributed by atoms with Gasteiger partial charge >= 0.3 is 0 Å². The van der Waals surface area contributed by atoms with E-state index in [-0.39, 0.29) is 22.9 Å². The van der Waals surface area contributed by atoms with Gasteiger partial charge in [-0.3, -0.25) is 29.4 Å². The SMILES string of the molecule is CC(=O)N(C)NC(=O)c1cc(Br)cc(Br)c1NC(=O)c1cc(Br)cn1-c1ncccc1Cl. The van der Waals surface area contributed by atoms with E-state index in [1.807, 2.05) is 0 Å². The third-order valence-corrected chi connectivity index (χ3v) is 6.08. The molecule has 0 aliphatic carbocycles. The minimum Gasteiger partial charge on any atom is -0.319 e. The first-order valence-corrected chi connectivity index (χ1v) is 11.7. The number of hydrogen-bond donors (Lipinski definition) is 2. The van der Waals surface area contributed by atoms with Crippen LogP contribution in [0.2, 0.25) is 5.02 Å². The van der Waals surface area contributed by atoms with Crippen LogP contribution in [-0.2, 0) is 4.79 Å². The Hall–Kier alpha value is -2.21. The lowest BCUT2D eigenvalue weighted by atomic mass is 10.1. The largest absolute Gasteiger partial charge is 0.319 e. The lowest BCUT2D eigenvalue weighted by Gasteiger charge is -2.19. The molecule has 2 aromatic heterocycles. The molecule has 0 aliphatic heterocycles. The summed E-state index contributed by atoms with van der Waals surface area (Å²) in [5.74, 6) is -1.06. The summed E-state index contributed by atoms with van der Waals surface area (Å²) in [5.41, 5.74) is 3.06. The topological polar surface area (TPSA) is 96.3 Å². The minimum atomic E-state index is -0.579. The Morgan fingerprint density at radius 1 is 1.09 bits per heavy atom. The Labute approximate surface area is 213 Å². The molecule has 2 heterocycles. The maximum Gasteiger partial charge on any atom is 0.272 e. The van der Waals surface area contributed by atoms with Gasteiger partial charge in [0.2, 0.25) is 5.91 Å². The molecule has 2 N–H and O–H groups in total. The molecule has 0 saturated heterocycles. The van der Waals surface area contributed by atoms with Crippen molar-refractivity contribution in [1.82, 2.24) is 20.0 Å². The van der Waals surface area contributed by atoms with Crippen molar-refractivity contribution in [3.8, 4) is 5.82 Å². The number of halogens is 4.